The van der Waals surface area contributed by atoms with Crippen molar-refractivity contribution in [2.75, 3.05) is 19.4 Å². The molecule has 1 amide bonds. The molecule has 0 aliphatic carbocycles. The minimum Gasteiger partial charge on any atom is -0.345 e. The number of halogens is 2. The highest BCUT2D eigenvalue weighted by atomic mass is 35.5. The molecule has 4 nitrogen and oxygen atoms in total. The molecule has 1 aromatic carbocycles. The van der Waals surface area contributed by atoms with Crippen molar-refractivity contribution in [3.63, 3.8) is 0 Å². The molecule has 2 rings (SSSR count). The Balaban J connectivity index is 2.14. The number of carbonyl (C=O) groups is 1. The van der Waals surface area contributed by atoms with Gasteiger partial charge in [-0.3, -0.25) is 4.79 Å². The fourth-order valence-corrected chi connectivity index (χ4v) is 1.75. The van der Waals surface area contributed by atoms with E-state index in [4.69, 9.17) is 11.6 Å². The van der Waals surface area contributed by atoms with Gasteiger partial charge in [-0.2, -0.15) is 0 Å². The summed E-state index contributed by atoms with van der Waals surface area (Å²) in [6, 6.07) is 7.64. The van der Waals surface area contributed by atoms with Gasteiger partial charge in [0.2, 0.25) is 0 Å². The number of nitrogens with zero attached hydrogens (tertiary/aromatic N) is 2. The topological polar surface area (TPSA) is 45.2 Å². The van der Waals surface area contributed by atoms with Crippen molar-refractivity contribution in [1.82, 2.24) is 9.88 Å². The molecule has 1 N–H and O–H groups in total. The molecule has 0 saturated carbocycles. The van der Waals surface area contributed by atoms with Crippen molar-refractivity contribution in [2.45, 2.75) is 0 Å². The number of nitrogens with one attached hydrogen (secondary N) is 1. The molecule has 2 aromatic rings. The minimum absolute atomic E-state index is 0.0365. The third kappa shape index (κ3) is 3.24. The molecule has 1 aromatic heterocycles. The van der Waals surface area contributed by atoms with Crippen LogP contribution in [0.2, 0.25) is 5.02 Å². The third-order valence-corrected chi connectivity index (χ3v) is 2.90. The van der Waals surface area contributed by atoms with Crippen LogP contribution in [-0.4, -0.2) is 29.9 Å². The van der Waals surface area contributed by atoms with E-state index in [9.17, 15) is 9.18 Å². The standard InChI is InChI=1S/C14H13ClFN3O/c1-19(2)14(20)9-3-6-13(17-8-9)18-10-4-5-12(16)11(15)7-10/h3-8H,1-2H3,(H,17,18). The summed E-state index contributed by atoms with van der Waals surface area (Å²) in [7, 11) is 3.35. The molecule has 0 radical (unpaired) electrons. The van der Waals surface area contributed by atoms with Gasteiger partial charge >= 0.3 is 0 Å². The van der Waals surface area contributed by atoms with Crippen molar-refractivity contribution < 1.29 is 9.18 Å². The fraction of sp³-hybridized carbons (Fsp3) is 0.143. The lowest BCUT2D eigenvalue weighted by Gasteiger charge is -2.11. The van der Waals surface area contributed by atoms with E-state index < -0.39 is 5.82 Å². The van der Waals surface area contributed by atoms with Crippen molar-refractivity contribution in [3.05, 3.63) is 52.9 Å². The first-order valence-electron chi connectivity index (χ1n) is 5.87. The summed E-state index contributed by atoms with van der Waals surface area (Å²) in [5.74, 6) is -0.0473. The van der Waals surface area contributed by atoms with Crippen LogP contribution >= 0.6 is 11.6 Å². The molecule has 0 bridgehead atoms. The maximum Gasteiger partial charge on any atom is 0.254 e. The van der Waals surface area contributed by atoms with Gasteiger partial charge in [-0.05, 0) is 30.3 Å². The van der Waals surface area contributed by atoms with E-state index in [1.807, 2.05) is 0 Å². The largest absolute Gasteiger partial charge is 0.345 e. The van der Waals surface area contributed by atoms with E-state index in [0.29, 0.717) is 17.1 Å². The van der Waals surface area contributed by atoms with Gasteiger partial charge in [-0.1, -0.05) is 11.6 Å². The lowest BCUT2D eigenvalue weighted by Crippen LogP contribution is -2.21. The van der Waals surface area contributed by atoms with Crippen LogP contribution in [-0.2, 0) is 0 Å². The van der Waals surface area contributed by atoms with Crippen molar-refractivity contribution in [3.8, 4) is 0 Å². The van der Waals surface area contributed by atoms with Gasteiger partial charge in [0, 0.05) is 26.0 Å². The van der Waals surface area contributed by atoms with Crippen LogP contribution < -0.4 is 5.32 Å². The second-order valence-electron chi connectivity index (χ2n) is 4.39. The first-order chi connectivity index (χ1) is 9.47. The van der Waals surface area contributed by atoms with Crippen LogP contribution in [0, 0.1) is 5.82 Å². The SMILES string of the molecule is CN(C)C(=O)c1ccc(Nc2ccc(F)c(Cl)c2)nc1. The maximum absolute atomic E-state index is 13.0. The highest BCUT2D eigenvalue weighted by Gasteiger charge is 2.08. The Kier molecular flexibility index (Phi) is 4.20. The van der Waals surface area contributed by atoms with Crippen molar-refractivity contribution in [2.24, 2.45) is 0 Å². The van der Waals surface area contributed by atoms with Gasteiger partial charge in [0.15, 0.2) is 0 Å². The molecule has 104 valence electrons. The van der Waals surface area contributed by atoms with E-state index in [1.165, 1.54) is 23.2 Å². The summed E-state index contributed by atoms with van der Waals surface area (Å²) < 4.78 is 13.0. The van der Waals surface area contributed by atoms with Crippen LogP contribution in [0.15, 0.2) is 36.5 Å². The summed E-state index contributed by atoms with van der Waals surface area (Å²) >= 11 is 5.70. The highest BCUT2D eigenvalue weighted by Crippen LogP contribution is 2.22. The predicted molar refractivity (Wildman–Crippen MR) is 76.9 cm³/mol. The molecule has 0 aliphatic heterocycles. The molecule has 1 heterocycles. The van der Waals surface area contributed by atoms with Crippen molar-refractivity contribution >= 4 is 29.0 Å². The smallest absolute Gasteiger partial charge is 0.254 e. The third-order valence-electron chi connectivity index (χ3n) is 2.61. The molecular weight excluding hydrogens is 281 g/mol. The Morgan fingerprint density at radius 3 is 2.60 bits per heavy atom. The lowest BCUT2D eigenvalue weighted by molar-refractivity contribution is 0.0827. The highest BCUT2D eigenvalue weighted by molar-refractivity contribution is 6.31. The quantitative estimate of drug-likeness (QED) is 0.944. The zero-order valence-electron chi connectivity index (χ0n) is 11.0. The number of aromatic nitrogens is 1. The van der Waals surface area contributed by atoms with Crippen LogP contribution in [0.1, 0.15) is 10.4 Å². The average Bonchev–Trinajstić information content (AvgIpc) is 2.43. The second kappa shape index (κ2) is 5.88. The molecule has 0 aliphatic rings. The molecule has 6 heteroatoms. The summed E-state index contributed by atoms with van der Waals surface area (Å²) in [6.45, 7) is 0. The number of carbonyl (C=O) groups excluding carboxylic acids is 1. The monoisotopic (exact) mass is 293 g/mol. The summed E-state index contributed by atoms with van der Waals surface area (Å²) in [6.07, 6.45) is 1.48. The second-order valence-corrected chi connectivity index (χ2v) is 4.79. The van der Waals surface area contributed by atoms with Crippen LogP contribution in [0.3, 0.4) is 0 Å². The summed E-state index contributed by atoms with van der Waals surface area (Å²) in [5, 5.41) is 3.02. The Bertz CT molecular complexity index is 629. The first-order valence-corrected chi connectivity index (χ1v) is 6.25. The number of hydrogen-bond acceptors (Lipinski definition) is 3. The number of hydrogen-bond donors (Lipinski definition) is 1. The number of rotatable bonds is 3. The van der Waals surface area contributed by atoms with Gasteiger partial charge in [-0.15, -0.1) is 0 Å². The van der Waals surface area contributed by atoms with E-state index in [0.717, 1.165) is 0 Å². The number of benzene rings is 1. The predicted octanol–water partition coefficient (Wildman–Crippen LogP) is 3.32. The Morgan fingerprint density at radius 2 is 2.05 bits per heavy atom. The lowest BCUT2D eigenvalue weighted by atomic mass is 10.2. The van der Waals surface area contributed by atoms with E-state index in [-0.39, 0.29) is 10.9 Å². The Morgan fingerprint density at radius 1 is 1.30 bits per heavy atom. The van der Waals surface area contributed by atoms with Crippen molar-refractivity contribution in [1.29, 1.82) is 0 Å². The molecule has 0 unspecified atom stereocenters. The molecule has 20 heavy (non-hydrogen) atoms. The molecular formula is C14H13ClFN3O. The molecule has 0 saturated heterocycles. The van der Waals surface area contributed by atoms with Gasteiger partial charge in [0.05, 0.1) is 10.6 Å². The summed E-state index contributed by atoms with van der Waals surface area (Å²) in [5.41, 5.74) is 1.12. The Hall–Kier alpha value is -2.14. The maximum atomic E-state index is 13.0. The number of anilines is 2. The Labute approximate surface area is 121 Å². The average molecular weight is 294 g/mol. The first kappa shape index (κ1) is 14.3. The molecule has 0 spiro atoms. The number of pyridine rings is 1. The van der Waals surface area contributed by atoms with E-state index in [2.05, 4.69) is 10.3 Å². The molecule has 0 atom stereocenters. The summed E-state index contributed by atoms with van der Waals surface area (Å²) in [4.78, 5) is 17.3. The van der Waals surface area contributed by atoms with Crippen LogP contribution in [0.25, 0.3) is 0 Å². The fourth-order valence-electron chi connectivity index (χ4n) is 1.57. The van der Waals surface area contributed by atoms with Gasteiger partial charge in [0.1, 0.15) is 11.6 Å². The zero-order valence-corrected chi connectivity index (χ0v) is 11.8. The normalized spacial score (nSPS) is 10.2. The zero-order chi connectivity index (χ0) is 14.7. The van der Waals surface area contributed by atoms with Crippen LogP contribution in [0.4, 0.5) is 15.9 Å². The van der Waals surface area contributed by atoms with E-state index >= 15 is 0 Å². The molecule has 0 fully saturated rings. The van der Waals surface area contributed by atoms with Crippen LogP contribution in [0.5, 0.6) is 0 Å². The van der Waals surface area contributed by atoms with Gasteiger partial charge in [0.25, 0.3) is 5.91 Å². The van der Waals surface area contributed by atoms with Gasteiger partial charge in [-0.25, -0.2) is 9.37 Å². The van der Waals surface area contributed by atoms with E-state index in [1.54, 1.807) is 32.3 Å². The number of amides is 1. The van der Waals surface area contributed by atoms with Gasteiger partial charge < -0.3 is 10.2 Å². The minimum atomic E-state index is -0.475.